The van der Waals surface area contributed by atoms with Crippen LogP contribution in [0.15, 0.2) is 12.1 Å². The van der Waals surface area contributed by atoms with E-state index < -0.39 is 5.97 Å². The van der Waals surface area contributed by atoms with Crippen LogP contribution in [-0.2, 0) is 4.74 Å². The Labute approximate surface area is 112 Å². The molecule has 0 aromatic heterocycles. The van der Waals surface area contributed by atoms with Gasteiger partial charge in [-0.15, -0.1) is 0 Å². The molecule has 100 valence electrons. The van der Waals surface area contributed by atoms with Gasteiger partial charge >= 0.3 is 5.97 Å². The van der Waals surface area contributed by atoms with Gasteiger partial charge in [-0.25, -0.2) is 4.79 Å². The highest BCUT2D eigenvalue weighted by Crippen LogP contribution is 2.33. The topological polar surface area (TPSA) is 61.5 Å². The summed E-state index contributed by atoms with van der Waals surface area (Å²) in [5, 5.41) is 0.308. The molecule has 0 saturated heterocycles. The first-order valence-corrected chi connectivity index (χ1v) is 6.08. The number of halogens is 1. The Morgan fingerprint density at radius 1 is 1.33 bits per heavy atom. The summed E-state index contributed by atoms with van der Waals surface area (Å²) in [4.78, 5) is 11.7. The van der Waals surface area contributed by atoms with Crippen LogP contribution in [0.1, 0.15) is 31.1 Å². The van der Waals surface area contributed by atoms with Crippen molar-refractivity contribution in [1.29, 1.82) is 0 Å². The van der Waals surface area contributed by atoms with Gasteiger partial charge in [-0.3, -0.25) is 0 Å². The van der Waals surface area contributed by atoms with Crippen molar-refractivity contribution in [3.63, 3.8) is 0 Å². The maximum absolute atomic E-state index is 11.7. The number of carbonyl (C=O) groups excluding carboxylic acids is 1. The van der Waals surface area contributed by atoms with Gasteiger partial charge in [-0.2, -0.15) is 0 Å². The van der Waals surface area contributed by atoms with Crippen LogP contribution in [0.25, 0.3) is 0 Å². The van der Waals surface area contributed by atoms with E-state index in [4.69, 9.17) is 26.8 Å². The number of nitrogen functional groups attached to an aromatic ring is 1. The molecule has 2 N–H and O–H groups in total. The minimum atomic E-state index is -0.518. The van der Waals surface area contributed by atoms with Gasteiger partial charge in [-0.05, 0) is 25.0 Å². The summed E-state index contributed by atoms with van der Waals surface area (Å²) in [6.07, 6.45) is -0.0745. The van der Waals surface area contributed by atoms with Crippen LogP contribution in [0, 0.1) is 5.92 Å². The highest BCUT2D eigenvalue weighted by molar-refractivity contribution is 6.33. The number of nitrogens with two attached hydrogens (primary N) is 1. The number of benzene rings is 1. The SMILES string of the molecule is COC(=O)c1cc(N)cc(Cl)c1OC(C)C(C)C. The number of hydrogen-bond donors (Lipinski definition) is 1. The van der Waals surface area contributed by atoms with Gasteiger partial charge in [0.05, 0.1) is 18.2 Å². The van der Waals surface area contributed by atoms with E-state index >= 15 is 0 Å². The molecule has 0 radical (unpaired) electrons. The van der Waals surface area contributed by atoms with E-state index in [9.17, 15) is 4.79 Å². The Morgan fingerprint density at radius 3 is 2.44 bits per heavy atom. The lowest BCUT2D eigenvalue weighted by molar-refractivity contribution is 0.0591. The van der Waals surface area contributed by atoms with E-state index in [0.29, 0.717) is 22.4 Å². The molecule has 0 aliphatic carbocycles. The molecule has 1 aromatic rings. The number of esters is 1. The van der Waals surface area contributed by atoms with Crippen LogP contribution >= 0.6 is 11.6 Å². The third kappa shape index (κ3) is 3.29. The molecule has 0 aliphatic rings. The van der Waals surface area contributed by atoms with Crippen molar-refractivity contribution in [1.82, 2.24) is 0 Å². The van der Waals surface area contributed by atoms with Crippen molar-refractivity contribution < 1.29 is 14.3 Å². The Kier molecular flexibility index (Phi) is 4.84. The van der Waals surface area contributed by atoms with E-state index in [1.54, 1.807) is 6.07 Å². The normalized spacial score (nSPS) is 12.3. The second-order valence-corrected chi connectivity index (χ2v) is 4.85. The van der Waals surface area contributed by atoms with Crippen LogP contribution in [0.5, 0.6) is 5.75 Å². The fraction of sp³-hybridized carbons (Fsp3) is 0.462. The first-order valence-electron chi connectivity index (χ1n) is 5.70. The predicted molar refractivity (Wildman–Crippen MR) is 72.1 cm³/mol. The molecule has 1 aromatic carbocycles. The zero-order valence-corrected chi connectivity index (χ0v) is 11.7. The van der Waals surface area contributed by atoms with E-state index in [0.717, 1.165) is 0 Å². The van der Waals surface area contributed by atoms with Gasteiger partial charge in [0.2, 0.25) is 0 Å². The van der Waals surface area contributed by atoms with E-state index in [2.05, 4.69) is 0 Å². The summed E-state index contributed by atoms with van der Waals surface area (Å²) in [6, 6.07) is 3.05. The van der Waals surface area contributed by atoms with Gasteiger partial charge in [-0.1, -0.05) is 25.4 Å². The zero-order chi connectivity index (χ0) is 13.9. The average Bonchev–Trinajstić information content (AvgIpc) is 2.30. The van der Waals surface area contributed by atoms with E-state index in [1.807, 2.05) is 20.8 Å². The molecule has 1 unspecified atom stereocenters. The molecule has 1 rings (SSSR count). The monoisotopic (exact) mass is 271 g/mol. The molecule has 0 heterocycles. The third-order valence-electron chi connectivity index (χ3n) is 2.71. The fourth-order valence-corrected chi connectivity index (χ4v) is 1.59. The first-order chi connectivity index (χ1) is 8.36. The van der Waals surface area contributed by atoms with Crippen molar-refractivity contribution in [3.8, 4) is 5.75 Å². The average molecular weight is 272 g/mol. The number of ether oxygens (including phenoxy) is 2. The summed E-state index contributed by atoms with van der Waals surface area (Å²) in [7, 11) is 1.30. The smallest absolute Gasteiger partial charge is 0.341 e. The van der Waals surface area contributed by atoms with Crippen molar-refractivity contribution in [3.05, 3.63) is 22.7 Å². The van der Waals surface area contributed by atoms with E-state index in [-0.39, 0.29) is 11.7 Å². The number of hydrogen-bond acceptors (Lipinski definition) is 4. The lowest BCUT2D eigenvalue weighted by atomic mass is 10.1. The number of rotatable bonds is 4. The molecular formula is C13H18ClNO3. The van der Waals surface area contributed by atoms with Crippen molar-refractivity contribution in [2.24, 2.45) is 5.92 Å². The summed E-state index contributed by atoms with van der Waals surface area (Å²) in [6.45, 7) is 5.96. The van der Waals surface area contributed by atoms with Crippen LogP contribution < -0.4 is 10.5 Å². The predicted octanol–water partition coefficient (Wildman–Crippen LogP) is 3.13. The minimum Gasteiger partial charge on any atom is -0.488 e. The Bertz CT molecular complexity index is 446. The summed E-state index contributed by atoms with van der Waals surface area (Å²) >= 11 is 6.07. The lowest BCUT2D eigenvalue weighted by Crippen LogP contribution is -2.20. The summed E-state index contributed by atoms with van der Waals surface area (Å²) in [5.41, 5.74) is 6.30. The molecule has 5 heteroatoms. The van der Waals surface area contributed by atoms with E-state index in [1.165, 1.54) is 13.2 Å². The molecule has 0 spiro atoms. The molecule has 0 fully saturated rings. The number of carbonyl (C=O) groups is 1. The maximum atomic E-state index is 11.7. The van der Waals surface area contributed by atoms with Gasteiger partial charge in [0.1, 0.15) is 5.56 Å². The first kappa shape index (κ1) is 14.6. The maximum Gasteiger partial charge on any atom is 0.341 e. The van der Waals surface area contributed by atoms with Crippen LogP contribution in [0.2, 0.25) is 5.02 Å². The lowest BCUT2D eigenvalue weighted by Gasteiger charge is -2.21. The second-order valence-electron chi connectivity index (χ2n) is 4.44. The molecule has 0 aliphatic heterocycles. The highest BCUT2D eigenvalue weighted by atomic mass is 35.5. The fourth-order valence-electron chi connectivity index (χ4n) is 1.32. The highest BCUT2D eigenvalue weighted by Gasteiger charge is 2.20. The third-order valence-corrected chi connectivity index (χ3v) is 2.99. The van der Waals surface area contributed by atoms with Crippen molar-refractivity contribution in [2.75, 3.05) is 12.8 Å². The largest absolute Gasteiger partial charge is 0.488 e. The van der Waals surface area contributed by atoms with Gasteiger partial charge < -0.3 is 15.2 Å². The van der Waals surface area contributed by atoms with Gasteiger partial charge in [0.15, 0.2) is 5.75 Å². The molecule has 1 atom stereocenters. The Balaban J connectivity index is 3.19. The number of anilines is 1. The summed E-state index contributed by atoms with van der Waals surface area (Å²) in [5.74, 6) is 0.0955. The molecular weight excluding hydrogens is 254 g/mol. The van der Waals surface area contributed by atoms with Gasteiger partial charge in [0, 0.05) is 5.69 Å². The molecule has 0 bridgehead atoms. The molecule has 0 amide bonds. The molecule has 0 saturated carbocycles. The van der Waals surface area contributed by atoms with Crippen LogP contribution in [0.3, 0.4) is 0 Å². The Morgan fingerprint density at radius 2 is 1.94 bits per heavy atom. The van der Waals surface area contributed by atoms with Crippen LogP contribution in [0.4, 0.5) is 5.69 Å². The quantitative estimate of drug-likeness (QED) is 0.675. The van der Waals surface area contributed by atoms with Crippen molar-refractivity contribution >= 4 is 23.3 Å². The number of methoxy groups -OCH3 is 1. The van der Waals surface area contributed by atoms with Crippen LogP contribution in [-0.4, -0.2) is 19.2 Å². The Hall–Kier alpha value is -1.42. The van der Waals surface area contributed by atoms with Crippen molar-refractivity contribution in [2.45, 2.75) is 26.9 Å². The zero-order valence-electron chi connectivity index (χ0n) is 11.0. The summed E-state index contributed by atoms with van der Waals surface area (Å²) < 4.78 is 10.4. The molecule has 18 heavy (non-hydrogen) atoms. The van der Waals surface area contributed by atoms with Gasteiger partial charge in [0.25, 0.3) is 0 Å². The molecule has 4 nitrogen and oxygen atoms in total. The second kappa shape index (κ2) is 5.96. The standard InChI is InChI=1S/C13H18ClNO3/c1-7(2)8(3)18-12-10(13(16)17-4)5-9(15)6-11(12)14/h5-8H,15H2,1-4H3. The minimum absolute atomic E-state index is 0.0745.